The monoisotopic (exact) mass is 553 g/mol. The summed E-state index contributed by atoms with van der Waals surface area (Å²) in [5.74, 6) is 0.758. The van der Waals surface area contributed by atoms with E-state index in [4.69, 9.17) is 16.3 Å². The molecule has 12 nitrogen and oxygen atoms in total. The molecule has 0 saturated heterocycles. The minimum atomic E-state index is -0.891. The fourth-order valence-corrected chi connectivity index (χ4v) is 4.39. The van der Waals surface area contributed by atoms with Gasteiger partial charge >= 0.3 is 5.97 Å². The largest absolute Gasteiger partial charge is 0.459 e. The van der Waals surface area contributed by atoms with Crippen molar-refractivity contribution in [3.05, 3.63) is 80.9 Å². The number of hydrogen-bond acceptors (Lipinski definition) is 9. The number of nitrogens with one attached hydrogen (secondary N) is 1. The maximum absolute atomic E-state index is 12.2. The standard InChI is InChI=1S/C26H28ClN7O5/c1-2-3-10-23-28-25(27)22(17-38-24(35)11-7-14-39-34(36)37)33(23)16-18-12-13-20(19-8-5-4-6-9-19)21(15-18)26-29-31-32-30-26/h4-6,8-9,12-13,15H,2-3,7,10-11,14,16-17H2,1H3,(H,29,30,31,32). The van der Waals surface area contributed by atoms with Crippen LogP contribution in [0.2, 0.25) is 5.15 Å². The molecule has 13 heteroatoms. The summed E-state index contributed by atoms with van der Waals surface area (Å²) >= 11 is 6.51. The predicted molar refractivity (Wildman–Crippen MR) is 142 cm³/mol. The predicted octanol–water partition coefficient (Wildman–Crippen LogP) is 4.81. The molecule has 39 heavy (non-hydrogen) atoms. The molecule has 0 aliphatic heterocycles. The third kappa shape index (κ3) is 7.38. The van der Waals surface area contributed by atoms with Crippen LogP contribution >= 0.6 is 11.6 Å². The number of imidazole rings is 1. The summed E-state index contributed by atoms with van der Waals surface area (Å²) in [5.41, 5.74) is 4.33. The highest BCUT2D eigenvalue weighted by atomic mass is 35.5. The van der Waals surface area contributed by atoms with E-state index in [2.05, 4.69) is 37.4 Å². The first-order valence-corrected chi connectivity index (χ1v) is 12.9. The SMILES string of the molecule is CCCCc1nc(Cl)c(COC(=O)CCCO[N+](=O)[O-])n1Cc1ccc(-c2ccccc2)c(-c2nn[nH]n2)c1. The molecule has 0 atom stereocenters. The Bertz CT molecular complexity index is 1390. The second kappa shape index (κ2) is 13.5. The van der Waals surface area contributed by atoms with Gasteiger partial charge in [-0.2, -0.15) is 5.21 Å². The number of halogens is 1. The number of carbonyl (C=O) groups is 1. The number of carbonyl (C=O) groups excluding carboxylic acids is 1. The van der Waals surface area contributed by atoms with E-state index in [1.165, 1.54) is 0 Å². The molecule has 0 aliphatic rings. The number of esters is 1. The lowest BCUT2D eigenvalue weighted by Crippen LogP contribution is -2.13. The number of benzene rings is 2. The summed E-state index contributed by atoms with van der Waals surface area (Å²) in [5, 5.41) is 24.3. The van der Waals surface area contributed by atoms with Crippen LogP contribution in [0, 0.1) is 10.1 Å². The first-order chi connectivity index (χ1) is 19.0. The summed E-state index contributed by atoms with van der Waals surface area (Å²) in [7, 11) is 0. The molecule has 0 fully saturated rings. The number of tetrazole rings is 1. The van der Waals surface area contributed by atoms with E-state index in [0.717, 1.165) is 40.9 Å². The van der Waals surface area contributed by atoms with E-state index < -0.39 is 11.1 Å². The normalized spacial score (nSPS) is 10.9. The first kappa shape index (κ1) is 27.7. The molecular weight excluding hydrogens is 526 g/mol. The summed E-state index contributed by atoms with van der Waals surface area (Å²) in [4.78, 5) is 31.3. The van der Waals surface area contributed by atoms with E-state index >= 15 is 0 Å². The number of unbranched alkanes of at least 4 members (excludes halogenated alkanes) is 1. The molecule has 2 heterocycles. The van der Waals surface area contributed by atoms with Gasteiger partial charge in [-0.1, -0.05) is 67.4 Å². The van der Waals surface area contributed by atoms with Crippen LogP contribution in [0.15, 0.2) is 48.5 Å². The second-order valence-electron chi connectivity index (χ2n) is 8.76. The van der Waals surface area contributed by atoms with E-state index in [1.54, 1.807) is 0 Å². The summed E-state index contributed by atoms with van der Waals surface area (Å²) < 4.78 is 7.40. The molecule has 0 amide bonds. The van der Waals surface area contributed by atoms with Crippen molar-refractivity contribution in [3.63, 3.8) is 0 Å². The van der Waals surface area contributed by atoms with Gasteiger partial charge in [-0.25, -0.2) is 4.98 Å². The van der Waals surface area contributed by atoms with Crippen LogP contribution in [-0.2, 0) is 33.9 Å². The van der Waals surface area contributed by atoms with Crippen molar-refractivity contribution in [1.29, 1.82) is 0 Å². The van der Waals surface area contributed by atoms with Crippen molar-refractivity contribution in [2.75, 3.05) is 6.61 Å². The number of hydrogen-bond donors (Lipinski definition) is 1. The van der Waals surface area contributed by atoms with Crippen LogP contribution in [0.5, 0.6) is 0 Å². The molecule has 0 saturated carbocycles. The summed E-state index contributed by atoms with van der Waals surface area (Å²) in [6.07, 6.45) is 2.76. The summed E-state index contributed by atoms with van der Waals surface area (Å²) in [6.45, 7) is 2.28. The van der Waals surface area contributed by atoms with Crippen molar-refractivity contribution in [2.24, 2.45) is 0 Å². The Labute approximate surface area is 229 Å². The Balaban J connectivity index is 1.59. The van der Waals surface area contributed by atoms with Gasteiger partial charge in [0.1, 0.15) is 12.4 Å². The molecule has 0 bridgehead atoms. The highest BCUT2D eigenvalue weighted by Gasteiger charge is 2.19. The summed E-state index contributed by atoms with van der Waals surface area (Å²) in [6, 6.07) is 16.0. The number of nitrogens with zero attached hydrogens (tertiary/aromatic N) is 6. The van der Waals surface area contributed by atoms with Gasteiger partial charge in [0.2, 0.25) is 5.82 Å². The lowest BCUT2D eigenvalue weighted by atomic mass is 9.97. The van der Waals surface area contributed by atoms with Crippen LogP contribution < -0.4 is 0 Å². The average Bonchev–Trinajstić information content (AvgIpc) is 3.57. The zero-order chi connectivity index (χ0) is 27.6. The molecule has 2 aromatic heterocycles. The Morgan fingerprint density at radius 2 is 1.97 bits per heavy atom. The number of ether oxygens (including phenoxy) is 1. The van der Waals surface area contributed by atoms with Gasteiger partial charge in [-0.05, 0) is 40.8 Å². The third-order valence-electron chi connectivity index (χ3n) is 6.04. The number of rotatable bonds is 14. The maximum Gasteiger partial charge on any atom is 0.306 e. The van der Waals surface area contributed by atoms with Crippen LogP contribution in [0.3, 0.4) is 0 Å². The van der Waals surface area contributed by atoms with Crippen molar-refractivity contribution >= 4 is 17.6 Å². The number of aromatic nitrogens is 6. The molecule has 1 N–H and O–H groups in total. The zero-order valence-corrected chi connectivity index (χ0v) is 22.1. The van der Waals surface area contributed by atoms with Crippen molar-refractivity contribution in [3.8, 4) is 22.5 Å². The minimum Gasteiger partial charge on any atom is -0.459 e. The number of aromatic amines is 1. The Morgan fingerprint density at radius 1 is 1.15 bits per heavy atom. The van der Waals surface area contributed by atoms with Gasteiger partial charge < -0.3 is 14.1 Å². The van der Waals surface area contributed by atoms with Crippen LogP contribution in [0.4, 0.5) is 0 Å². The molecule has 204 valence electrons. The molecule has 0 unspecified atom stereocenters. The lowest BCUT2D eigenvalue weighted by molar-refractivity contribution is -0.757. The molecule has 0 spiro atoms. The zero-order valence-electron chi connectivity index (χ0n) is 21.4. The topological polar surface area (TPSA) is 151 Å². The van der Waals surface area contributed by atoms with Gasteiger partial charge in [-0.15, -0.1) is 20.3 Å². The van der Waals surface area contributed by atoms with Crippen LogP contribution in [-0.4, -0.2) is 47.8 Å². The van der Waals surface area contributed by atoms with E-state index in [9.17, 15) is 14.9 Å². The quantitative estimate of drug-likeness (QED) is 0.100. The van der Waals surface area contributed by atoms with Crippen molar-refractivity contribution in [1.82, 2.24) is 30.2 Å². The molecule has 0 radical (unpaired) electrons. The average molecular weight is 554 g/mol. The van der Waals surface area contributed by atoms with Crippen molar-refractivity contribution < 1.29 is 19.5 Å². The molecule has 0 aliphatic carbocycles. The van der Waals surface area contributed by atoms with Crippen LogP contribution in [0.1, 0.15) is 49.7 Å². The fraction of sp³-hybridized carbons (Fsp3) is 0.346. The Morgan fingerprint density at radius 3 is 2.69 bits per heavy atom. The van der Waals surface area contributed by atoms with Gasteiger partial charge in [0.25, 0.3) is 5.09 Å². The Hall–Kier alpha value is -4.32. The minimum absolute atomic E-state index is 0.0166. The molecule has 4 aromatic rings. The van der Waals surface area contributed by atoms with E-state index in [0.29, 0.717) is 24.5 Å². The molecular formula is C26H28ClN7O5. The van der Waals surface area contributed by atoms with E-state index in [-0.39, 0.29) is 31.2 Å². The van der Waals surface area contributed by atoms with E-state index in [1.807, 2.05) is 53.1 Å². The van der Waals surface area contributed by atoms with Crippen LogP contribution in [0.25, 0.3) is 22.5 Å². The van der Waals surface area contributed by atoms with Gasteiger partial charge in [-0.3, -0.25) is 4.79 Å². The highest BCUT2D eigenvalue weighted by molar-refractivity contribution is 6.30. The molecule has 4 rings (SSSR count). The van der Waals surface area contributed by atoms with Crippen molar-refractivity contribution in [2.45, 2.75) is 52.2 Å². The smallest absolute Gasteiger partial charge is 0.306 e. The highest BCUT2D eigenvalue weighted by Crippen LogP contribution is 2.31. The number of H-pyrrole nitrogens is 1. The fourth-order valence-electron chi connectivity index (χ4n) is 4.13. The number of aryl methyl sites for hydroxylation is 1. The van der Waals surface area contributed by atoms with Gasteiger partial charge in [0, 0.05) is 24.9 Å². The lowest BCUT2D eigenvalue weighted by Gasteiger charge is -2.15. The molecule has 2 aromatic carbocycles. The maximum atomic E-state index is 12.2. The Kier molecular flexibility index (Phi) is 9.57. The van der Waals surface area contributed by atoms with Gasteiger partial charge in [0.05, 0.1) is 12.3 Å². The third-order valence-corrected chi connectivity index (χ3v) is 6.35. The first-order valence-electron chi connectivity index (χ1n) is 12.5. The van der Waals surface area contributed by atoms with Gasteiger partial charge in [0.15, 0.2) is 5.15 Å². The second-order valence-corrected chi connectivity index (χ2v) is 9.12.